The molecule has 0 aliphatic rings. The highest BCUT2D eigenvalue weighted by Gasteiger charge is 2.20. The predicted octanol–water partition coefficient (Wildman–Crippen LogP) is 21.8. The molecule has 72 heavy (non-hydrogen) atoms. The van der Waals surface area contributed by atoms with Gasteiger partial charge in [0.2, 0.25) is 0 Å². The monoisotopic (exact) mass is 1020 g/mol. The summed E-state index contributed by atoms with van der Waals surface area (Å²) in [4.78, 5) is 38.3. The van der Waals surface area contributed by atoms with Crippen LogP contribution in [-0.4, -0.2) is 37.2 Å². The number of unbranched alkanes of at least 4 members (excludes halogenated alkanes) is 40. The summed E-state index contributed by atoms with van der Waals surface area (Å²) in [6.45, 7) is 13.9. The van der Waals surface area contributed by atoms with Crippen LogP contribution in [0.3, 0.4) is 0 Å². The number of carbonyl (C=O) groups excluding carboxylic acids is 3. The lowest BCUT2D eigenvalue weighted by Crippen LogP contribution is -2.30. The van der Waals surface area contributed by atoms with Crippen molar-refractivity contribution in [1.82, 2.24) is 0 Å². The Hall–Kier alpha value is -1.59. The minimum absolute atomic E-state index is 0.0627. The number of hydrogen-bond donors (Lipinski definition) is 0. The lowest BCUT2D eigenvalue weighted by molar-refractivity contribution is -0.167. The van der Waals surface area contributed by atoms with Gasteiger partial charge in [0.05, 0.1) is 0 Å². The number of hydrogen-bond acceptors (Lipinski definition) is 6. The normalized spacial score (nSPS) is 12.9. The maximum absolute atomic E-state index is 12.9. The highest BCUT2D eigenvalue weighted by atomic mass is 16.6. The van der Waals surface area contributed by atoms with Gasteiger partial charge in [-0.2, -0.15) is 0 Å². The minimum atomic E-state index is -0.765. The zero-order chi connectivity index (χ0) is 52.6. The van der Waals surface area contributed by atoms with E-state index in [1.165, 1.54) is 250 Å². The summed E-state index contributed by atoms with van der Waals surface area (Å²) in [5.41, 5.74) is 0. The standard InChI is InChI=1S/C66H128O6/c1-7-61(5)53-47-41-35-29-23-19-15-11-9-10-12-16-21-25-33-39-45-51-57-66(69)72-63(59-71-65(68)56-50-44-38-32-27-26-30-36-42-48-54-62(6)8-2)58-70-64(67)55-49-43-37-31-24-20-17-13-14-18-22-28-34-40-46-52-60(3)4/h60-63H,7-59H2,1-6H3/t61?,62?,63-/m1/s1. The molecule has 2 unspecified atom stereocenters. The first kappa shape index (κ1) is 70.4. The quantitative estimate of drug-likeness (QED) is 0.0343. The molecule has 0 rings (SSSR count). The van der Waals surface area contributed by atoms with E-state index in [1.54, 1.807) is 0 Å². The largest absolute Gasteiger partial charge is 0.462 e. The van der Waals surface area contributed by atoms with Crippen molar-refractivity contribution in [2.75, 3.05) is 13.2 Å². The molecule has 3 atom stereocenters. The van der Waals surface area contributed by atoms with Gasteiger partial charge in [0.15, 0.2) is 6.10 Å². The molecule has 0 aliphatic heterocycles. The van der Waals surface area contributed by atoms with Crippen molar-refractivity contribution < 1.29 is 28.6 Å². The van der Waals surface area contributed by atoms with Crippen LogP contribution in [-0.2, 0) is 28.6 Å². The summed E-state index contributed by atoms with van der Waals surface area (Å²) in [6.07, 6.45) is 62.4. The Balaban J connectivity index is 4.27. The van der Waals surface area contributed by atoms with Gasteiger partial charge in [-0.15, -0.1) is 0 Å². The molecule has 0 saturated carbocycles. The molecule has 0 aromatic carbocycles. The van der Waals surface area contributed by atoms with E-state index >= 15 is 0 Å². The number of rotatable bonds is 59. The van der Waals surface area contributed by atoms with Crippen molar-refractivity contribution in [2.24, 2.45) is 17.8 Å². The van der Waals surface area contributed by atoms with Crippen LogP contribution in [0.2, 0.25) is 0 Å². The van der Waals surface area contributed by atoms with Crippen LogP contribution in [0.15, 0.2) is 0 Å². The first-order valence-electron chi connectivity index (χ1n) is 32.7. The van der Waals surface area contributed by atoms with E-state index < -0.39 is 6.10 Å². The summed E-state index contributed by atoms with van der Waals surface area (Å²) in [5.74, 6) is 1.79. The first-order chi connectivity index (χ1) is 35.2. The molecule has 0 fully saturated rings. The Kier molecular flexibility index (Phi) is 55.9. The maximum Gasteiger partial charge on any atom is 0.306 e. The van der Waals surface area contributed by atoms with E-state index in [2.05, 4.69) is 41.5 Å². The van der Waals surface area contributed by atoms with E-state index in [4.69, 9.17) is 14.2 Å². The summed E-state index contributed by atoms with van der Waals surface area (Å²) in [5, 5.41) is 0. The first-order valence-corrected chi connectivity index (χ1v) is 32.7. The molecule has 0 amide bonds. The second kappa shape index (κ2) is 57.1. The molecule has 0 aromatic heterocycles. The van der Waals surface area contributed by atoms with Crippen LogP contribution in [0.1, 0.15) is 369 Å². The van der Waals surface area contributed by atoms with Gasteiger partial charge in [-0.3, -0.25) is 14.4 Å². The van der Waals surface area contributed by atoms with Crippen molar-refractivity contribution in [3.05, 3.63) is 0 Å². The molecule has 0 aliphatic carbocycles. The van der Waals surface area contributed by atoms with Crippen molar-refractivity contribution >= 4 is 17.9 Å². The molecule has 0 aromatic rings. The Morgan fingerprint density at radius 3 is 0.722 bits per heavy atom. The van der Waals surface area contributed by atoms with E-state index in [9.17, 15) is 14.4 Å². The molecule has 0 saturated heterocycles. The Labute approximate surface area is 450 Å². The van der Waals surface area contributed by atoms with Gasteiger partial charge in [-0.05, 0) is 37.0 Å². The third-order valence-corrected chi connectivity index (χ3v) is 15.9. The summed E-state index contributed by atoms with van der Waals surface area (Å²) < 4.78 is 17.0. The van der Waals surface area contributed by atoms with Crippen LogP contribution >= 0.6 is 0 Å². The van der Waals surface area contributed by atoms with E-state index in [0.717, 1.165) is 75.5 Å². The van der Waals surface area contributed by atoms with Crippen molar-refractivity contribution in [3.8, 4) is 0 Å². The minimum Gasteiger partial charge on any atom is -0.462 e. The lowest BCUT2D eigenvalue weighted by atomic mass is 9.99. The fourth-order valence-corrected chi connectivity index (χ4v) is 10.2. The Bertz CT molecular complexity index is 1120. The van der Waals surface area contributed by atoms with Gasteiger partial charge < -0.3 is 14.2 Å². The number of carbonyl (C=O) groups is 3. The van der Waals surface area contributed by atoms with Crippen molar-refractivity contribution in [3.63, 3.8) is 0 Å². The average molecular weight is 1020 g/mol. The summed E-state index contributed by atoms with van der Waals surface area (Å²) >= 11 is 0. The van der Waals surface area contributed by atoms with Crippen LogP contribution in [0.25, 0.3) is 0 Å². The maximum atomic E-state index is 12.9. The summed E-state index contributed by atoms with van der Waals surface area (Å²) in [6, 6.07) is 0. The highest BCUT2D eigenvalue weighted by Crippen LogP contribution is 2.20. The van der Waals surface area contributed by atoms with Crippen molar-refractivity contribution in [1.29, 1.82) is 0 Å². The second-order valence-corrected chi connectivity index (χ2v) is 23.7. The van der Waals surface area contributed by atoms with Gasteiger partial charge in [0.25, 0.3) is 0 Å². The van der Waals surface area contributed by atoms with E-state index in [-0.39, 0.29) is 31.1 Å². The third kappa shape index (κ3) is 56.1. The fraction of sp³-hybridized carbons (Fsp3) is 0.955. The molecule has 0 heterocycles. The Morgan fingerprint density at radius 2 is 0.486 bits per heavy atom. The molecule has 0 bridgehead atoms. The van der Waals surface area contributed by atoms with Crippen LogP contribution in [0.4, 0.5) is 0 Å². The predicted molar refractivity (Wildman–Crippen MR) is 312 cm³/mol. The number of ether oxygens (including phenoxy) is 3. The molecule has 0 spiro atoms. The smallest absolute Gasteiger partial charge is 0.306 e. The van der Waals surface area contributed by atoms with E-state index in [1.807, 2.05) is 0 Å². The molecular weight excluding hydrogens is 889 g/mol. The van der Waals surface area contributed by atoms with E-state index in [0.29, 0.717) is 19.3 Å². The van der Waals surface area contributed by atoms with Gasteiger partial charge in [0, 0.05) is 19.3 Å². The second-order valence-electron chi connectivity index (χ2n) is 23.7. The third-order valence-electron chi connectivity index (χ3n) is 15.9. The zero-order valence-corrected chi connectivity index (χ0v) is 49.7. The van der Waals surface area contributed by atoms with Gasteiger partial charge in [-0.25, -0.2) is 0 Å². The molecule has 0 N–H and O–H groups in total. The van der Waals surface area contributed by atoms with Crippen LogP contribution in [0, 0.1) is 17.8 Å². The SMILES string of the molecule is CCC(C)CCCCCCCCCCCCCCCCCCCCC(=O)O[C@H](COC(=O)CCCCCCCCCCCCCCCCCC(C)C)COC(=O)CCCCCCCCCCCCC(C)CC. The fourth-order valence-electron chi connectivity index (χ4n) is 10.2. The van der Waals surface area contributed by atoms with Crippen LogP contribution < -0.4 is 0 Å². The van der Waals surface area contributed by atoms with Gasteiger partial charge in [-0.1, -0.05) is 330 Å². The topological polar surface area (TPSA) is 78.9 Å². The van der Waals surface area contributed by atoms with Gasteiger partial charge in [0.1, 0.15) is 13.2 Å². The zero-order valence-electron chi connectivity index (χ0n) is 49.7. The lowest BCUT2D eigenvalue weighted by Gasteiger charge is -2.18. The number of esters is 3. The van der Waals surface area contributed by atoms with Gasteiger partial charge >= 0.3 is 17.9 Å². The molecule has 6 nitrogen and oxygen atoms in total. The molecular formula is C66H128O6. The average Bonchev–Trinajstić information content (AvgIpc) is 3.37. The highest BCUT2D eigenvalue weighted by molar-refractivity contribution is 5.71. The Morgan fingerprint density at radius 1 is 0.278 bits per heavy atom. The summed E-state index contributed by atoms with van der Waals surface area (Å²) in [7, 11) is 0. The van der Waals surface area contributed by atoms with Crippen molar-refractivity contribution in [2.45, 2.75) is 375 Å². The molecule has 428 valence electrons. The van der Waals surface area contributed by atoms with Crippen LogP contribution in [0.5, 0.6) is 0 Å². The molecule has 0 radical (unpaired) electrons. The molecule has 6 heteroatoms.